The Morgan fingerprint density at radius 2 is 2.00 bits per heavy atom. The first-order valence-electron chi connectivity index (χ1n) is 5.43. The average Bonchev–Trinajstić information content (AvgIpc) is 2.35. The van der Waals surface area contributed by atoms with Crippen molar-refractivity contribution in [2.24, 2.45) is 0 Å². The van der Waals surface area contributed by atoms with Crippen LogP contribution in [0.15, 0.2) is 12.1 Å². The van der Waals surface area contributed by atoms with Crippen molar-refractivity contribution in [1.82, 2.24) is 0 Å². The first-order valence-corrected chi connectivity index (χ1v) is 5.81. The van der Waals surface area contributed by atoms with Gasteiger partial charge in [-0.1, -0.05) is 11.6 Å². The molecule has 5 heteroatoms. The minimum absolute atomic E-state index is 0.147. The molecule has 0 atom stereocenters. The molecule has 0 spiro atoms. The van der Waals surface area contributed by atoms with Crippen molar-refractivity contribution in [2.45, 2.75) is 19.4 Å². The highest BCUT2D eigenvalue weighted by Gasteiger charge is 2.12. The number of unbranched alkanes of at least 4 members (excludes halogenated alkanes) is 1. The fourth-order valence-corrected chi connectivity index (χ4v) is 1.67. The molecule has 0 fully saturated rings. The molecule has 0 aromatic heterocycles. The SMILES string of the molecule is COc1cc(Cl)cc(CO)c1OCCCCO. The summed E-state index contributed by atoms with van der Waals surface area (Å²) < 4.78 is 10.7. The lowest BCUT2D eigenvalue weighted by Gasteiger charge is -2.14. The molecule has 0 unspecified atom stereocenters. The van der Waals surface area contributed by atoms with Crippen LogP contribution in [0.4, 0.5) is 0 Å². The third kappa shape index (κ3) is 4.07. The van der Waals surface area contributed by atoms with Gasteiger partial charge in [0.1, 0.15) is 0 Å². The van der Waals surface area contributed by atoms with E-state index in [1.807, 2.05) is 0 Å². The zero-order valence-electron chi connectivity index (χ0n) is 9.78. The molecule has 1 rings (SSSR count). The Morgan fingerprint density at radius 3 is 2.59 bits per heavy atom. The molecule has 0 bridgehead atoms. The second-order valence-electron chi connectivity index (χ2n) is 3.53. The topological polar surface area (TPSA) is 58.9 Å². The minimum Gasteiger partial charge on any atom is -0.493 e. The van der Waals surface area contributed by atoms with Crippen LogP contribution in [-0.4, -0.2) is 30.5 Å². The predicted octanol–water partition coefficient (Wildman–Crippen LogP) is 1.99. The van der Waals surface area contributed by atoms with E-state index in [0.29, 0.717) is 35.1 Å². The molecule has 0 amide bonds. The van der Waals surface area contributed by atoms with E-state index in [2.05, 4.69) is 0 Å². The van der Waals surface area contributed by atoms with Gasteiger partial charge in [0.15, 0.2) is 11.5 Å². The van der Waals surface area contributed by atoms with Gasteiger partial charge in [0.05, 0.1) is 20.3 Å². The minimum atomic E-state index is -0.160. The normalized spacial score (nSPS) is 10.4. The van der Waals surface area contributed by atoms with Crippen LogP contribution in [0.3, 0.4) is 0 Å². The van der Waals surface area contributed by atoms with Gasteiger partial charge in [-0.25, -0.2) is 0 Å². The molecule has 0 heterocycles. The Balaban J connectivity index is 2.79. The zero-order chi connectivity index (χ0) is 12.7. The Hall–Kier alpha value is -0.970. The lowest BCUT2D eigenvalue weighted by molar-refractivity contribution is 0.235. The molecular formula is C12H17ClO4. The molecule has 0 aliphatic carbocycles. The molecule has 0 aliphatic heterocycles. The highest BCUT2D eigenvalue weighted by Crippen LogP contribution is 2.34. The fourth-order valence-electron chi connectivity index (χ4n) is 1.44. The fraction of sp³-hybridized carbons (Fsp3) is 0.500. The van der Waals surface area contributed by atoms with Gasteiger partial charge in [-0.3, -0.25) is 0 Å². The lowest BCUT2D eigenvalue weighted by atomic mass is 10.2. The summed E-state index contributed by atoms with van der Waals surface area (Å²) in [6, 6.07) is 3.29. The van der Waals surface area contributed by atoms with Gasteiger partial charge >= 0.3 is 0 Å². The summed E-state index contributed by atoms with van der Waals surface area (Å²) in [6.07, 6.45) is 1.43. The molecule has 0 saturated carbocycles. The monoisotopic (exact) mass is 260 g/mol. The van der Waals surface area contributed by atoms with Crippen molar-refractivity contribution in [3.8, 4) is 11.5 Å². The van der Waals surface area contributed by atoms with Gasteiger partial charge < -0.3 is 19.7 Å². The Bertz CT molecular complexity index is 329. The number of methoxy groups -OCH3 is 1. The molecule has 1 aromatic carbocycles. The smallest absolute Gasteiger partial charge is 0.166 e. The molecule has 0 radical (unpaired) electrons. The Kier molecular flexibility index (Phi) is 6.11. The lowest BCUT2D eigenvalue weighted by Crippen LogP contribution is -2.03. The highest BCUT2D eigenvalue weighted by molar-refractivity contribution is 6.30. The summed E-state index contributed by atoms with van der Waals surface area (Å²) in [4.78, 5) is 0. The maximum absolute atomic E-state index is 9.23. The van der Waals surface area contributed by atoms with E-state index in [9.17, 15) is 5.11 Å². The van der Waals surface area contributed by atoms with Gasteiger partial charge in [0.25, 0.3) is 0 Å². The molecule has 0 saturated heterocycles. The largest absolute Gasteiger partial charge is 0.493 e. The van der Waals surface area contributed by atoms with E-state index in [0.717, 1.165) is 6.42 Å². The number of benzene rings is 1. The van der Waals surface area contributed by atoms with Crippen LogP contribution in [0.5, 0.6) is 11.5 Å². The van der Waals surface area contributed by atoms with Crippen LogP contribution in [0.25, 0.3) is 0 Å². The van der Waals surface area contributed by atoms with Crippen LogP contribution >= 0.6 is 11.6 Å². The van der Waals surface area contributed by atoms with Gasteiger partial charge in [0.2, 0.25) is 0 Å². The first-order chi connectivity index (χ1) is 8.22. The van der Waals surface area contributed by atoms with Gasteiger partial charge in [0, 0.05) is 23.3 Å². The van der Waals surface area contributed by atoms with E-state index < -0.39 is 0 Å². The maximum Gasteiger partial charge on any atom is 0.166 e. The summed E-state index contributed by atoms with van der Waals surface area (Å²) in [6.45, 7) is 0.450. The van der Waals surface area contributed by atoms with Gasteiger partial charge in [-0.05, 0) is 18.9 Å². The number of rotatable bonds is 7. The summed E-state index contributed by atoms with van der Waals surface area (Å²) in [5, 5.41) is 18.4. The summed E-state index contributed by atoms with van der Waals surface area (Å²) in [5.74, 6) is 1.02. The standard InChI is InChI=1S/C12H17ClO4/c1-16-11-7-10(13)6-9(8-15)12(11)17-5-3-2-4-14/h6-7,14-15H,2-5,8H2,1H3. The van der Waals surface area contributed by atoms with Crippen LogP contribution in [-0.2, 0) is 6.61 Å². The van der Waals surface area contributed by atoms with Crippen molar-refractivity contribution in [3.63, 3.8) is 0 Å². The molecular weight excluding hydrogens is 244 g/mol. The van der Waals surface area contributed by atoms with Crippen molar-refractivity contribution in [1.29, 1.82) is 0 Å². The Labute approximate surface area is 106 Å². The summed E-state index contributed by atoms with van der Waals surface area (Å²) >= 11 is 5.88. The van der Waals surface area contributed by atoms with E-state index >= 15 is 0 Å². The second kappa shape index (κ2) is 7.37. The van der Waals surface area contributed by atoms with Crippen LogP contribution in [0.2, 0.25) is 5.02 Å². The average molecular weight is 261 g/mol. The predicted molar refractivity (Wildman–Crippen MR) is 65.7 cm³/mol. The number of aliphatic hydroxyl groups excluding tert-OH is 2. The van der Waals surface area contributed by atoms with Gasteiger partial charge in [-0.15, -0.1) is 0 Å². The maximum atomic E-state index is 9.23. The molecule has 96 valence electrons. The van der Waals surface area contributed by atoms with E-state index in [4.69, 9.17) is 26.2 Å². The summed E-state index contributed by atoms with van der Waals surface area (Å²) in [7, 11) is 1.52. The van der Waals surface area contributed by atoms with Crippen LogP contribution in [0.1, 0.15) is 18.4 Å². The molecule has 0 aliphatic rings. The number of hydrogen-bond acceptors (Lipinski definition) is 4. The Morgan fingerprint density at radius 1 is 1.24 bits per heavy atom. The van der Waals surface area contributed by atoms with E-state index in [1.54, 1.807) is 12.1 Å². The van der Waals surface area contributed by atoms with Crippen LogP contribution < -0.4 is 9.47 Å². The third-order valence-electron chi connectivity index (χ3n) is 2.29. The zero-order valence-corrected chi connectivity index (χ0v) is 10.5. The van der Waals surface area contributed by atoms with Crippen molar-refractivity contribution >= 4 is 11.6 Å². The summed E-state index contributed by atoms with van der Waals surface area (Å²) in [5.41, 5.74) is 0.596. The molecule has 2 N–H and O–H groups in total. The number of hydrogen-bond donors (Lipinski definition) is 2. The number of aliphatic hydroxyl groups is 2. The molecule has 1 aromatic rings. The number of ether oxygens (including phenoxy) is 2. The first kappa shape index (κ1) is 14.1. The highest BCUT2D eigenvalue weighted by atomic mass is 35.5. The number of halogens is 1. The van der Waals surface area contributed by atoms with Crippen LogP contribution in [0, 0.1) is 0 Å². The van der Waals surface area contributed by atoms with Gasteiger partial charge in [-0.2, -0.15) is 0 Å². The second-order valence-corrected chi connectivity index (χ2v) is 3.97. The third-order valence-corrected chi connectivity index (χ3v) is 2.50. The van der Waals surface area contributed by atoms with Crippen molar-refractivity contribution in [2.75, 3.05) is 20.3 Å². The van der Waals surface area contributed by atoms with Crippen molar-refractivity contribution in [3.05, 3.63) is 22.7 Å². The van der Waals surface area contributed by atoms with Crippen molar-refractivity contribution < 1.29 is 19.7 Å². The molecule has 4 nitrogen and oxygen atoms in total. The van der Waals surface area contributed by atoms with E-state index in [-0.39, 0.29) is 13.2 Å². The quantitative estimate of drug-likeness (QED) is 0.736. The molecule has 17 heavy (non-hydrogen) atoms. The van der Waals surface area contributed by atoms with E-state index in [1.165, 1.54) is 7.11 Å².